The molecule has 1 heteroatoms. The standard InChI is InChI=1S/C29H48O/c1-7-21(19(2)3)9-8-20(4)25-12-13-26-24-11-10-22-18-23(30)14-16-28(22,5)27(24)15-17-29(25,26)6/h8-9,19-23,25-26,30H,7,10-18H2,1-6H3/b9-8+/t20-,21-,22?,23+,25-,26+,28+,29-/m1/s1. The molecule has 1 nitrogen and oxygen atoms in total. The van der Waals surface area contributed by atoms with E-state index in [2.05, 4.69) is 53.7 Å². The van der Waals surface area contributed by atoms with Crippen LogP contribution < -0.4 is 0 Å². The fourth-order valence-corrected chi connectivity index (χ4v) is 8.62. The fraction of sp³-hybridized carbons (Fsp3) is 0.862. The lowest BCUT2D eigenvalue weighted by Gasteiger charge is -2.55. The average Bonchev–Trinajstić information content (AvgIpc) is 3.06. The lowest BCUT2D eigenvalue weighted by atomic mass is 9.50. The van der Waals surface area contributed by atoms with Crippen molar-refractivity contribution in [3.05, 3.63) is 23.3 Å². The molecule has 8 atom stereocenters. The maximum Gasteiger partial charge on any atom is 0.0543 e. The second kappa shape index (κ2) is 8.42. The predicted molar refractivity (Wildman–Crippen MR) is 128 cm³/mol. The van der Waals surface area contributed by atoms with E-state index in [1.807, 2.05) is 11.1 Å². The monoisotopic (exact) mass is 412 g/mol. The molecule has 0 aliphatic heterocycles. The molecule has 2 fully saturated rings. The Labute approximate surface area is 186 Å². The Hall–Kier alpha value is -0.560. The highest BCUT2D eigenvalue weighted by Crippen LogP contribution is 2.65. The molecule has 30 heavy (non-hydrogen) atoms. The summed E-state index contributed by atoms with van der Waals surface area (Å²) >= 11 is 0. The van der Waals surface area contributed by atoms with Crippen molar-refractivity contribution in [2.45, 2.75) is 112 Å². The predicted octanol–water partition coefficient (Wildman–Crippen LogP) is 7.94. The normalized spacial score (nSPS) is 43.5. The van der Waals surface area contributed by atoms with Gasteiger partial charge in [-0.15, -0.1) is 0 Å². The third-order valence-corrected chi connectivity index (χ3v) is 10.7. The topological polar surface area (TPSA) is 20.2 Å². The van der Waals surface area contributed by atoms with Crippen molar-refractivity contribution >= 4 is 0 Å². The van der Waals surface area contributed by atoms with Crippen molar-refractivity contribution in [1.29, 1.82) is 0 Å². The van der Waals surface area contributed by atoms with Crippen molar-refractivity contribution in [2.75, 3.05) is 0 Å². The van der Waals surface area contributed by atoms with Crippen molar-refractivity contribution in [3.63, 3.8) is 0 Å². The number of hydrogen-bond donors (Lipinski definition) is 1. The van der Waals surface area contributed by atoms with Crippen molar-refractivity contribution in [3.8, 4) is 0 Å². The van der Waals surface area contributed by atoms with E-state index in [4.69, 9.17) is 0 Å². The van der Waals surface area contributed by atoms with Gasteiger partial charge in [0.15, 0.2) is 0 Å². The van der Waals surface area contributed by atoms with Gasteiger partial charge in [0.25, 0.3) is 0 Å². The van der Waals surface area contributed by atoms with Crippen LogP contribution in [-0.2, 0) is 0 Å². The van der Waals surface area contributed by atoms with Gasteiger partial charge in [-0.1, -0.05) is 64.8 Å². The minimum absolute atomic E-state index is 0.0413. The molecule has 1 N–H and O–H groups in total. The fourth-order valence-electron chi connectivity index (χ4n) is 8.62. The maximum absolute atomic E-state index is 10.3. The molecule has 0 heterocycles. The molecule has 0 saturated heterocycles. The molecule has 0 aromatic rings. The second-order valence-corrected chi connectivity index (χ2v) is 12.4. The summed E-state index contributed by atoms with van der Waals surface area (Å²) in [5.41, 5.74) is 4.65. The van der Waals surface area contributed by atoms with E-state index >= 15 is 0 Å². The molecule has 0 aromatic heterocycles. The van der Waals surface area contributed by atoms with Gasteiger partial charge in [-0.05, 0) is 111 Å². The summed E-state index contributed by atoms with van der Waals surface area (Å²) < 4.78 is 0. The summed E-state index contributed by atoms with van der Waals surface area (Å²) in [6.07, 6.45) is 17.9. The number of allylic oxidation sites excluding steroid dienone is 4. The van der Waals surface area contributed by atoms with Crippen LogP contribution >= 0.6 is 0 Å². The largest absolute Gasteiger partial charge is 0.393 e. The van der Waals surface area contributed by atoms with Gasteiger partial charge in [-0.2, -0.15) is 0 Å². The third-order valence-electron chi connectivity index (χ3n) is 10.7. The van der Waals surface area contributed by atoms with Gasteiger partial charge in [0.05, 0.1) is 6.10 Å². The Kier molecular flexibility index (Phi) is 6.35. The van der Waals surface area contributed by atoms with Crippen molar-refractivity contribution in [1.82, 2.24) is 0 Å². The maximum atomic E-state index is 10.3. The lowest BCUT2D eigenvalue weighted by Crippen LogP contribution is -2.45. The summed E-state index contributed by atoms with van der Waals surface area (Å²) in [6, 6.07) is 0. The van der Waals surface area contributed by atoms with E-state index in [1.165, 1.54) is 51.4 Å². The van der Waals surface area contributed by atoms with Gasteiger partial charge in [0.1, 0.15) is 0 Å². The molecule has 0 aromatic carbocycles. The lowest BCUT2D eigenvalue weighted by molar-refractivity contribution is 0.0145. The third kappa shape index (κ3) is 3.66. The SMILES string of the molecule is CC[C@H](/C=C/[C@@H](C)[C@H]1CC[C@H]2C3=C(CC[C@]12C)[C@@]1(C)CC[C@H](O)CC1CC3)C(C)C. The number of aliphatic hydroxyl groups excluding tert-OH is 1. The van der Waals surface area contributed by atoms with E-state index in [0.29, 0.717) is 16.7 Å². The van der Waals surface area contributed by atoms with Gasteiger partial charge in [0.2, 0.25) is 0 Å². The van der Waals surface area contributed by atoms with Crippen LogP contribution in [0.2, 0.25) is 0 Å². The quantitative estimate of drug-likeness (QED) is 0.454. The van der Waals surface area contributed by atoms with Crippen molar-refractivity contribution in [2.24, 2.45) is 46.3 Å². The summed E-state index contributed by atoms with van der Waals surface area (Å²) in [7, 11) is 0. The van der Waals surface area contributed by atoms with Crippen LogP contribution in [0.1, 0.15) is 106 Å². The number of aliphatic hydroxyl groups is 1. The number of fused-ring (bicyclic) bond motifs is 4. The Bertz CT molecular complexity index is 686. The first-order valence-corrected chi connectivity index (χ1v) is 13.3. The number of rotatable bonds is 5. The van der Waals surface area contributed by atoms with Crippen LogP contribution in [-0.4, -0.2) is 11.2 Å². The van der Waals surface area contributed by atoms with E-state index in [1.54, 1.807) is 0 Å². The molecule has 4 rings (SSSR count). The van der Waals surface area contributed by atoms with E-state index in [9.17, 15) is 5.11 Å². The van der Waals surface area contributed by atoms with E-state index in [-0.39, 0.29) is 6.10 Å². The van der Waals surface area contributed by atoms with E-state index < -0.39 is 0 Å². The zero-order valence-corrected chi connectivity index (χ0v) is 20.7. The minimum Gasteiger partial charge on any atom is -0.393 e. The zero-order chi connectivity index (χ0) is 21.7. The summed E-state index contributed by atoms with van der Waals surface area (Å²) in [6.45, 7) is 14.8. The van der Waals surface area contributed by atoms with Gasteiger partial charge in [-0.25, -0.2) is 0 Å². The van der Waals surface area contributed by atoms with Crippen LogP contribution in [0.4, 0.5) is 0 Å². The smallest absolute Gasteiger partial charge is 0.0543 e. The highest BCUT2D eigenvalue weighted by atomic mass is 16.3. The molecule has 170 valence electrons. The molecular weight excluding hydrogens is 364 g/mol. The highest BCUT2D eigenvalue weighted by molar-refractivity contribution is 5.34. The Morgan fingerprint density at radius 1 is 1.00 bits per heavy atom. The molecule has 1 unspecified atom stereocenters. The molecule has 0 radical (unpaired) electrons. The number of hydrogen-bond acceptors (Lipinski definition) is 1. The van der Waals surface area contributed by atoms with Crippen LogP contribution in [0.25, 0.3) is 0 Å². The molecule has 4 aliphatic rings. The minimum atomic E-state index is -0.0413. The summed E-state index contributed by atoms with van der Waals surface area (Å²) in [4.78, 5) is 0. The Balaban J connectivity index is 1.55. The van der Waals surface area contributed by atoms with Crippen LogP contribution in [0, 0.1) is 46.3 Å². The molecular formula is C29H48O. The van der Waals surface area contributed by atoms with Gasteiger partial charge < -0.3 is 5.11 Å². The van der Waals surface area contributed by atoms with Gasteiger partial charge in [0, 0.05) is 0 Å². The van der Waals surface area contributed by atoms with Crippen LogP contribution in [0.3, 0.4) is 0 Å². The Morgan fingerprint density at radius 3 is 2.47 bits per heavy atom. The van der Waals surface area contributed by atoms with Crippen molar-refractivity contribution < 1.29 is 5.11 Å². The van der Waals surface area contributed by atoms with Gasteiger partial charge >= 0.3 is 0 Å². The Morgan fingerprint density at radius 2 is 1.77 bits per heavy atom. The van der Waals surface area contributed by atoms with Crippen LogP contribution in [0.15, 0.2) is 23.3 Å². The first-order chi connectivity index (χ1) is 14.2. The molecule has 4 aliphatic carbocycles. The molecule has 2 saturated carbocycles. The van der Waals surface area contributed by atoms with Gasteiger partial charge in [-0.3, -0.25) is 0 Å². The molecule has 0 spiro atoms. The molecule has 0 amide bonds. The average molecular weight is 413 g/mol. The highest BCUT2D eigenvalue weighted by Gasteiger charge is 2.55. The first-order valence-electron chi connectivity index (χ1n) is 13.3. The van der Waals surface area contributed by atoms with Crippen LogP contribution in [0.5, 0.6) is 0 Å². The summed E-state index contributed by atoms with van der Waals surface area (Å²) in [5.74, 6) is 4.58. The molecule has 0 bridgehead atoms. The zero-order valence-electron chi connectivity index (χ0n) is 20.7. The summed E-state index contributed by atoms with van der Waals surface area (Å²) in [5, 5.41) is 10.3. The second-order valence-electron chi connectivity index (χ2n) is 12.4. The first kappa shape index (κ1) is 22.6. The van der Waals surface area contributed by atoms with E-state index in [0.717, 1.165) is 42.4 Å².